The summed E-state index contributed by atoms with van der Waals surface area (Å²) < 4.78 is 23.4. The van der Waals surface area contributed by atoms with Crippen molar-refractivity contribution in [2.75, 3.05) is 13.4 Å². The summed E-state index contributed by atoms with van der Waals surface area (Å²) in [6.07, 6.45) is 1.62. The molecule has 0 aromatic heterocycles. The fourth-order valence-corrected chi connectivity index (χ4v) is 4.40. The summed E-state index contributed by atoms with van der Waals surface area (Å²) in [6, 6.07) is 13.9. The van der Waals surface area contributed by atoms with Gasteiger partial charge in [-0.2, -0.15) is 0 Å². The molecule has 0 saturated carbocycles. The molecule has 0 aliphatic carbocycles. The zero-order valence-corrected chi connectivity index (χ0v) is 20.4. The Labute approximate surface area is 209 Å². The number of carbonyl (C=O) groups is 2. The van der Waals surface area contributed by atoms with Crippen LogP contribution in [0, 0.1) is 6.92 Å². The summed E-state index contributed by atoms with van der Waals surface area (Å²) in [5, 5.41) is 0.505. The number of ether oxygens (including phenoxy) is 4. The van der Waals surface area contributed by atoms with Crippen LogP contribution < -0.4 is 14.2 Å². The number of ketones is 2. The molecule has 2 aliphatic heterocycles. The van der Waals surface area contributed by atoms with E-state index in [1.54, 1.807) is 61.5 Å². The van der Waals surface area contributed by atoms with Gasteiger partial charge in [0.15, 0.2) is 24.9 Å². The van der Waals surface area contributed by atoms with Gasteiger partial charge in [-0.05, 0) is 48.9 Å². The van der Waals surface area contributed by atoms with E-state index in [9.17, 15) is 9.59 Å². The average molecular weight is 542 g/mol. The van der Waals surface area contributed by atoms with E-state index in [-0.39, 0.29) is 30.7 Å². The topological polar surface area (TPSA) is 71.1 Å². The number of allylic oxidation sites excluding steroid dienone is 1. The molecule has 0 atom stereocenters. The first-order valence-electron chi connectivity index (χ1n) is 10.4. The van der Waals surface area contributed by atoms with Gasteiger partial charge in [0.05, 0.1) is 12.2 Å². The van der Waals surface area contributed by atoms with Crippen molar-refractivity contribution >= 4 is 45.2 Å². The average Bonchev–Trinajstić information content (AvgIpc) is 3.13. The summed E-state index contributed by atoms with van der Waals surface area (Å²) in [5.74, 6) is 1.19. The third kappa shape index (κ3) is 4.46. The van der Waals surface area contributed by atoms with Crippen LogP contribution in [0.2, 0.25) is 5.02 Å². The molecule has 172 valence electrons. The monoisotopic (exact) mass is 540 g/mol. The molecule has 34 heavy (non-hydrogen) atoms. The minimum atomic E-state index is -0.245. The lowest BCUT2D eigenvalue weighted by molar-refractivity contribution is -0.0165. The molecule has 2 heterocycles. The van der Waals surface area contributed by atoms with Gasteiger partial charge < -0.3 is 18.9 Å². The standard InChI is InChI=1S/C26H18BrClO6/c1-14-6-20(32-12-21(29)15-2-4-18(27)5-3-15)10-22-24(14)25(30)23(34-22)9-16-7-19(28)8-17-11-31-13-33-26(16)17/h2-10H,11-13H2,1H3/b23-9-. The second-order valence-electron chi connectivity index (χ2n) is 7.87. The Morgan fingerprint density at radius 2 is 1.97 bits per heavy atom. The van der Waals surface area contributed by atoms with E-state index in [2.05, 4.69) is 15.9 Å². The number of fused-ring (bicyclic) bond motifs is 2. The summed E-state index contributed by atoms with van der Waals surface area (Å²) in [5.41, 5.74) is 3.13. The number of halogens is 2. The first-order chi connectivity index (χ1) is 16.4. The van der Waals surface area contributed by atoms with Crippen LogP contribution in [0.15, 0.2) is 58.8 Å². The normalized spacial score (nSPS) is 15.4. The number of hydrogen-bond acceptors (Lipinski definition) is 6. The van der Waals surface area contributed by atoms with Crippen LogP contribution in [-0.2, 0) is 11.3 Å². The third-order valence-electron chi connectivity index (χ3n) is 5.47. The van der Waals surface area contributed by atoms with Gasteiger partial charge in [-0.3, -0.25) is 9.59 Å². The van der Waals surface area contributed by atoms with E-state index in [0.717, 1.165) is 10.0 Å². The Morgan fingerprint density at radius 1 is 1.18 bits per heavy atom. The minimum Gasteiger partial charge on any atom is -0.485 e. The number of carbonyl (C=O) groups excluding carboxylic acids is 2. The fraction of sp³-hybridized carbons (Fsp3) is 0.154. The van der Waals surface area contributed by atoms with Gasteiger partial charge in [0, 0.05) is 32.3 Å². The maximum absolute atomic E-state index is 13.1. The molecule has 0 unspecified atom stereocenters. The zero-order chi connectivity index (χ0) is 23.8. The van der Waals surface area contributed by atoms with Gasteiger partial charge in [0.1, 0.15) is 17.2 Å². The second kappa shape index (κ2) is 9.25. The Morgan fingerprint density at radius 3 is 2.76 bits per heavy atom. The van der Waals surface area contributed by atoms with Gasteiger partial charge in [-0.25, -0.2) is 0 Å². The fourth-order valence-electron chi connectivity index (χ4n) is 3.89. The molecule has 0 fully saturated rings. The quantitative estimate of drug-likeness (QED) is 0.285. The molecular formula is C26H18BrClO6. The molecule has 0 bridgehead atoms. The minimum absolute atomic E-state index is 0.124. The number of rotatable bonds is 5. The van der Waals surface area contributed by atoms with E-state index >= 15 is 0 Å². The largest absolute Gasteiger partial charge is 0.485 e. The maximum Gasteiger partial charge on any atom is 0.232 e. The predicted octanol–water partition coefficient (Wildman–Crippen LogP) is 6.16. The lowest BCUT2D eigenvalue weighted by Gasteiger charge is -2.20. The van der Waals surface area contributed by atoms with Crippen molar-refractivity contribution < 1.29 is 28.5 Å². The molecule has 2 aliphatic rings. The van der Waals surface area contributed by atoms with Crippen molar-refractivity contribution in [3.05, 3.63) is 91.6 Å². The first kappa shape index (κ1) is 22.7. The lowest BCUT2D eigenvalue weighted by atomic mass is 10.0. The van der Waals surface area contributed by atoms with Crippen LogP contribution in [0.4, 0.5) is 0 Å². The van der Waals surface area contributed by atoms with E-state index in [1.165, 1.54) is 0 Å². The summed E-state index contributed by atoms with van der Waals surface area (Å²) in [4.78, 5) is 25.5. The zero-order valence-electron chi connectivity index (χ0n) is 18.0. The van der Waals surface area contributed by atoms with Crippen LogP contribution in [-0.4, -0.2) is 25.0 Å². The molecule has 3 aromatic carbocycles. The van der Waals surface area contributed by atoms with Crippen molar-refractivity contribution in [1.82, 2.24) is 0 Å². The molecule has 8 heteroatoms. The number of hydrogen-bond donors (Lipinski definition) is 0. The van der Waals surface area contributed by atoms with E-state index < -0.39 is 0 Å². The van der Waals surface area contributed by atoms with Crippen LogP contribution in [0.25, 0.3) is 6.08 Å². The maximum atomic E-state index is 13.1. The Kier molecular flexibility index (Phi) is 6.16. The van der Waals surface area contributed by atoms with Crippen molar-refractivity contribution in [2.45, 2.75) is 13.5 Å². The molecule has 0 radical (unpaired) electrons. The Bertz CT molecular complexity index is 1350. The van der Waals surface area contributed by atoms with Crippen molar-refractivity contribution in [2.24, 2.45) is 0 Å². The third-order valence-corrected chi connectivity index (χ3v) is 6.22. The lowest BCUT2D eigenvalue weighted by Crippen LogP contribution is -2.12. The highest BCUT2D eigenvalue weighted by Gasteiger charge is 2.31. The van der Waals surface area contributed by atoms with Gasteiger partial charge in [-0.15, -0.1) is 0 Å². The van der Waals surface area contributed by atoms with Gasteiger partial charge >= 0.3 is 0 Å². The van der Waals surface area contributed by atoms with Gasteiger partial charge in [-0.1, -0.05) is 39.7 Å². The molecule has 0 amide bonds. The molecule has 3 aromatic rings. The first-order valence-corrected chi connectivity index (χ1v) is 11.6. The van der Waals surface area contributed by atoms with Crippen LogP contribution in [0.1, 0.15) is 37.4 Å². The van der Waals surface area contributed by atoms with Crippen LogP contribution in [0.3, 0.4) is 0 Å². The van der Waals surface area contributed by atoms with E-state index in [4.69, 9.17) is 30.5 Å². The molecule has 0 saturated heterocycles. The summed E-state index contributed by atoms with van der Waals surface area (Å²) in [7, 11) is 0. The Hall–Kier alpha value is -3.13. The molecular weight excluding hydrogens is 524 g/mol. The highest BCUT2D eigenvalue weighted by Crippen LogP contribution is 2.39. The second-order valence-corrected chi connectivity index (χ2v) is 9.22. The molecule has 6 nitrogen and oxygen atoms in total. The number of benzene rings is 3. The van der Waals surface area contributed by atoms with Crippen molar-refractivity contribution in [1.29, 1.82) is 0 Å². The summed E-state index contributed by atoms with van der Waals surface area (Å²) >= 11 is 9.59. The van der Waals surface area contributed by atoms with Crippen molar-refractivity contribution in [3.8, 4) is 17.2 Å². The predicted molar refractivity (Wildman–Crippen MR) is 130 cm³/mol. The van der Waals surface area contributed by atoms with Gasteiger partial charge in [0.2, 0.25) is 5.78 Å². The highest BCUT2D eigenvalue weighted by molar-refractivity contribution is 9.10. The molecule has 0 spiro atoms. The summed E-state index contributed by atoms with van der Waals surface area (Å²) in [6.45, 7) is 2.16. The highest BCUT2D eigenvalue weighted by atomic mass is 79.9. The number of aryl methyl sites for hydroxylation is 1. The smallest absolute Gasteiger partial charge is 0.232 e. The van der Waals surface area contributed by atoms with Crippen molar-refractivity contribution in [3.63, 3.8) is 0 Å². The van der Waals surface area contributed by atoms with E-state index in [0.29, 0.717) is 51.1 Å². The molecule has 0 N–H and O–H groups in total. The van der Waals surface area contributed by atoms with E-state index in [1.807, 2.05) is 0 Å². The Balaban J connectivity index is 1.38. The molecule has 5 rings (SSSR count). The van der Waals surface area contributed by atoms with Crippen LogP contribution >= 0.6 is 27.5 Å². The SMILES string of the molecule is Cc1cc(OCC(=O)c2ccc(Br)cc2)cc2c1C(=O)/C(=C/c1cc(Cl)cc3c1OCOC3)O2. The van der Waals surface area contributed by atoms with Crippen LogP contribution in [0.5, 0.6) is 17.2 Å². The van der Waals surface area contributed by atoms with Gasteiger partial charge in [0.25, 0.3) is 0 Å². The number of Topliss-reactive ketones (excluding diaryl/α,β-unsaturated/α-hetero) is 2.